The third-order valence-corrected chi connectivity index (χ3v) is 11.9. The lowest BCUT2D eigenvalue weighted by Gasteiger charge is -2.42. The molecule has 0 aliphatic carbocycles. The smallest absolute Gasteiger partial charge is 0.128 e. The second kappa shape index (κ2) is 6.61. The molecule has 0 amide bonds. The number of alkyl halides is 1. The van der Waals surface area contributed by atoms with Crippen molar-refractivity contribution in [3.05, 3.63) is 29.8 Å². The third kappa shape index (κ3) is 3.24. The summed E-state index contributed by atoms with van der Waals surface area (Å²) in [5, 5.41) is 1.46. The summed E-state index contributed by atoms with van der Waals surface area (Å²) in [6.45, 7) is 12.0. The van der Waals surface area contributed by atoms with E-state index in [0.29, 0.717) is 24.1 Å². The van der Waals surface area contributed by atoms with Crippen molar-refractivity contribution in [3.8, 4) is 0 Å². The number of aryl methyl sites for hydroxylation is 1. The van der Waals surface area contributed by atoms with Crippen molar-refractivity contribution in [2.45, 2.75) is 70.4 Å². The molecule has 0 N–H and O–H groups in total. The molecule has 0 bridgehead atoms. The normalized spacial score (nSPS) is 23.2. The van der Waals surface area contributed by atoms with E-state index in [-0.39, 0.29) is 6.10 Å². The van der Waals surface area contributed by atoms with Crippen LogP contribution in [0.2, 0.25) is 17.1 Å². The zero-order valence-electron chi connectivity index (χ0n) is 14.0. The Morgan fingerprint density at radius 3 is 2.14 bits per heavy atom. The van der Waals surface area contributed by atoms with Gasteiger partial charge in [-0.1, -0.05) is 62.7 Å². The summed E-state index contributed by atoms with van der Waals surface area (Å²) in [4.78, 5) is 0. The van der Waals surface area contributed by atoms with Crippen LogP contribution in [0.1, 0.15) is 39.7 Å². The molecule has 0 radical (unpaired) electrons. The van der Waals surface area contributed by atoms with Crippen LogP contribution in [-0.2, 0) is 4.74 Å². The fourth-order valence-corrected chi connectivity index (χ4v) is 9.60. The fourth-order valence-electron chi connectivity index (χ4n) is 3.93. The van der Waals surface area contributed by atoms with Crippen LogP contribution in [0.5, 0.6) is 0 Å². The maximum Gasteiger partial charge on any atom is 0.128 e. The first kappa shape index (κ1) is 16.7. The van der Waals surface area contributed by atoms with E-state index in [2.05, 4.69) is 58.9 Å². The summed E-state index contributed by atoms with van der Waals surface area (Å²) in [7, 11) is -1.82. The number of benzene rings is 1. The van der Waals surface area contributed by atoms with Crippen LogP contribution in [0.4, 0.5) is 4.39 Å². The monoisotopic (exact) mass is 308 g/mol. The van der Waals surface area contributed by atoms with Gasteiger partial charge in [-0.15, -0.1) is 0 Å². The summed E-state index contributed by atoms with van der Waals surface area (Å²) in [6.07, 6.45) is -0.401. The van der Waals surface area contributed by atoms with E-state index in [1.807, 2.05) is 0 Å². The van der Waals surface area contributed by atoms with Crippen LogP contribution in [-0.4, -0.2) is 27.0 Å². The summed E-state index contributed by atoms with van der Waals surface area (Å²) >= 11 is 0. The van der Waals surface area contributed by atoms with Crippen molar-refractivity contribution >= 4 is 13.3 Å². The first-order chi connectivity index (χ1) is 9.87. The van der Waals surface area contributed by atoms with Gasteiger partial charge in [0.1, 0.15) is 6.17 Å². The Morgan fingerprint density at radius 2 is 1.71 bits per heavy atom. The Bertz CT molecular complexity index is 447. The fraction of sp³-hybridized carbons (Fsp3) is 0.667. The first-order valence-corrected chi connectivity index (χ1v) is 10.6. The Hall–Kier alpha value is -0.673. The lowest BCUT2D eigenvalue weighted by atomic mass is 10.2. The molecule has 3 heteroatoms. The highest BCUT2D eigenvalue weighted by atomic mass is 28.3. The van der Waals surface area contributed by atoms with Crippen molar-refractivity contribution < 1.29 is 9.13 Å². The molecule has 1 heterocycles. The number of rotatable bonds is 5. The molecule has 0 unspecified atom stereocenters. The van der Waals surface area contributed by atoms with Crippen LogP contribution in [0.15, 0.2) is 24.3 Å². The topological polar surface area (TPSA) is 9.23 Å². The van der Waals surface area contributed by atoms with Crippen LogP contribution in [0, 0.1) is 6.92 Å². The average Bonchev–Trinajstić information content (AvgIpc) is 2.81. The molecule has 21 heavy (non-hydrogen) atoms. The van der Waals surface area contributed by atoms with E-state index >= 15 is 0 Å². The lowest BCUT2D eigenvalue weighted by molar-refractivity contribution is 0.0910. The molecule has 0 saturated carbocycles. The minimum atomic E-state index is -1.82. The van der Waals surface area contributed by atoms with Gasteiger partial charge in [0.05, 0.1) is 14.2 Å². The van der Waals surface area contributed by atoms with Crippen molar-refractivity contribution in [2.24, 2.45) is 0 Å². The molecule has 2 rings (SSSR count). The summed E-state index contributed by atoms with van der Waals surface area (Å²) in [5.41, 5.74) is 2.45. The van der Waals surface area contributed by atoms with Crippen LogP contribution >= 0.6 is 0 Å². The van der Waals surface area contributed by atoms with Gasteiger partial charge < -0.3 is 4.74 Å². The third-order valence-electron chi connectivity index (χ3n) is 5.32. The average molecular weight is 309 g/mol. The SMILES string of the molecule is Cc1ccc([Si](C[C@@H]2OCC[C@H]2F)(C(C)C)C(C)C)cc1. The highest BCUT2D eigenvalue weighted by Crippen LogP contribution is 2.39. The Morgan fingerprint density at radius 1 is 1.14 bits per heavy atom. The van der Waals surface area contributed by atoms with E-state index in [9.17, 15) is 4.39 Å². The van der Waals surface area contributed by atoms with Crippen molar-refractivity contribution in [3.63, 3.8) is 0 Å². The molecule has 1 nitrogen and oxygen atoms in total. The summed E-state index contributed by atoms with van der Waals surface area (Å²) in [5.74, 6) is 0. The zero-order chi connectivity index (χ0) is 15.6. The van der Waals surface area contributed by atoms with E-state index in [0.717, 1.165) is 6.04 Å². The Balaban J connectivity index is 2.40. The maximum atomic E-state index is 14.1. The predicted octanol–water partition coefficient (Wildman–Crippen LogP) is 4.60. The molecular formula is C18H29FOSi. The highest BCUT2D eigenvalue weighted by molar-refractivity contribution is 6.94. The second-order valence-corrected chi connectivity index (χ2v) is 12.5. The molecule has 1 aromatic carbocycles. The first-order valence-electron chi connectivity index (χ1n) is 8.20. The van der Waals surface area contributed by atoms with Gasteiger partial charge in [-0.25, -0.2) is 4.39 Å². The molecule has 0 spiro atoms. The van der Waals surface area contributed by atoms with E-state index < -0.39 is 14.2 Å². The van der Waals surface area contributed by atoms with Crippen molar-refractivity contribution in [1.29, 1.82) is 0 Å². The second-order valence-electron chi connectivity index (χ2n) is 7.13. The molecule has 2 atom stereocenters. The predicted molar refractivity (Wildman–Crippen MR) is 90.8 cm³/mol. The minimum Gasteiger partial charge on any atom is -0.375 e. The molecule has 1 aliphatic rings. The van der Waals surface area contributed by atoms with Crippen molar-refractivity contribution in [1.82, 2.24) is 0 Å². The maximum absolute atomic E-state index is 14.1. The molecule has 1 saturated heterocycles. The summed E-state index contributed by atoms with van der Waals surface area (Å²) in [6, 6.07) is 9.87. The van der Waals surface area contributed by atoms with E-state index in [1.165, 1.54) is 10.8 Å². The molecule has 118 valence electrons. The zero-order valence-corrected chi connectivity index (χ0v) is 15.0. The largest absolute Gasteiger partial charge is 0.375 e. The van der Waals surface area contributed by atoms with Gasteiger partial charge in [0.2, 0.25) is 0 Å². The number of hydrogen-bond donors (Lipinski definition) is 0. The quantitative estimate of drug-likeness (QED) is 0.722. The minimum absolute atomic E-state index is 0.192. The van der Waals surface area contributed by atoms with E-state index in [4.69, 9.17) is 4.74 Å². The highest BCUT2D eigenvalue weighted by Gasteiger charge is 2.46. The van der Waals surface area contributed by atoms with Crippen LogP contribution < -0.4 is 5.19 Å². The van der Waals surface area contributed by atoms with Gasteiger partial charge >= 0.3 is 0 Å². The summed E-state index contributed by atoms with van der Waals surface area (Å²) < 4.78 is 19.8. The van der Waals surface area contributed by atoms with Gasteiger partial charge in [-0.2, -0.15) is 0 Å². The van der Waals surface area contributed by atoms with Gasteiger partial charge in [0, 0.05) is 13.0 Å². The molecular weight excluding hydrogens is 279 g/mol. The van der Waals surface area contributed by atoms with E-state index in [1.54, 1.807) is 0 Å². The van der Waals surface area contributed by atoms with Gasteiger partial charge in [0.25, 0.3) is 0 Å². The van der Waals surface area contributed by atoms with Crippen LogP contribution in [0.25, 0.3) is 0 Å². The molecule has 1 aromatic rings. The molecule has 1 fully saturated rings. The Kier molecular flexibility index (Phi) is 5.26. The molecule has 1 aliphatic heterocycles. The number of ether oxygens (including phenoxy) is 1. The standard InChI is InChI=1S/C18H29FOSi/c1-13(2)21(14(3)4,12-18-17(19)10-11-20-18)16-8-6-15(5)7-9-16/h6-9,13-14,17-18H,10-12H2,1-5H3/t17-,18+/m1/s1. The van der Waals surface area contributed by atoms with Gasteiger partial charge in [0.15, 0.2) is 0 Å². The molecule has 0 aromatic heterocycles. The Labute approximate surface area is 129 Å². The van der Waals surface area contributed by atoms with Crippen molar-refractivity contribution in [2.75, 3.05) is 6.61 Å². The lowest BCUT2D eigenvalue weighted by Crippen LogP contribution is -2.55. The van der Waals surface area contributed by atoms with Gasteiger partial charge in [-0.05, 0) is 24.1 Å². The van der Waals surface area contributed by atoms with Crippen LogP contribution in [0.3, 0.4) is 0 Å². The van der Waals surface area contributed by atoms with Gasteiger partial charge in [-0.3, -0.25) is 0 Å². The number of halogens is 1. The number of hydrogen-bond acceptors (Lipinski definition) is 1.